The van der Waals surface area contributed by atoms with Crippen LogP contribution in [0.15, 0.2) is 72.1 Å². The van der Waals surface area contributed by atoms with Crippen molar-refractivity contribution >= 4 is 35.0 Å². The maximum Gasteiger partial charge on any atom is 0.278 e. The standard InChI is InChI=1S/C21H17ClN6O2S/c1-30-17-9-7-16(8-10-17)28-18(13-31-21-23-11-2-12-24-21)19(26-27-28)20(29)25-15-5-3-14(22)4-6-15/h2-12H,13H2,1H3,(H,25,29). The monoisotopic (exact) mass is 452 g/mol. The molecule has 156 valence electrons. The lowest BCUT2D eigenvalue weighted by atomic mass is 10.2. The third-order valence-corrected chi connectivity index (χ3v) is 5.42. The molecule has 0 unspecified atom stereocenters. The number of hydrogen-bond acceptors (Lipinski definition) is 7. The van der Waals surface area contributed by atoms with Crippen LogP contribution in [0.2, 0.25) is 5.02 Å². The second-order valence-electron chi connectivity index (χ2n) is 6.28. The third-order valence-electron chi connectivity index (χ3n) is 4.28. The number of carbonyl (C=O) groups is 1. The van der Waals surface area contributed by atoms with E-state index in [4.69, 9.17) is 16.3 Å². The number of thioether (sulfide) groups is 1. The van der Waals surface area contributed by atoms with Crippen LogP contribution in [-0.4, -0.2) is 38.0 Å². The Morgan fingerprint density at radius 1 is 1.10 bits per heavy atom. The molecule has 0 fully saturated rings. The number of rotatable bonds is 7. The number of amides is 1. The SMILES string of the molecule is COc1ccc(-n2nnc(C(=O)Nc3ccc(Cl)cc3)c2CSc2ncccn2)cc1. The van der Waals surface area contributed by atoms with E-state index in [1.165, 1.54) is 11.8 Å². The van der Waals surface area contributed by atoms with E-state index in [-0.39, 0.29) is 11.6 Å². The zero-order valence-corrected chi connectivity index (χ0v) is 18.0. The Bertz CT molecular complexity index is 1170. The van der Waals surface area contributed by atoms with Crippen molar-refractivity contribution in [2.24, 2.45) is 0 Å². The molecule has 0 bridgehead atoms. The summed E-state index contributed by atoms with van der Waals surface area (Å²) < 4.78 is 6.85. The molecular formula is C21H17ClN6O2S. The van der Waals surface area contributed by atoms with Crippen molar-refractivity contribution < 1.29 is 9.53 Å². The predicted octanol–water partition coefficient (Wildman–Crippen LogP) is 4.26. The number of anilines is 1. The van der Waals surface area contributed by atoms with Crippen molar-refractivity contribution in [3.63, 3.8) is 0 Å². The Balaban J connectivity index is 1.65. The van der Waals surface area contributed by atoms with Gasteiger partial charge >= 0.3 is 0 Å². The lowest BCUT2D eigenvalue weighted by Gasteiger charge is -2.09. The summed E-state index contributed by atoms with van der Waals surface area (Å²) in [6.45, 7) is 0. The van der Waals surface area contributed by atoms with Crippen molar-refractivity contribution in [1.29, 1.82) is 0 Å². The van der Waals surface area contributed by atoms with E-state index in [0.717, 1.165) is 11.4 Å². The number of benzene rings is 2. The normalized spacial score (nSPS) is 10.6. The maximum absolute atomic E-state index is 13.0. The summed E-state index contributed by atoms with van der Waals surface area (Å²) in [4.78, 5) is 21.4. The molecule has 2 aromatic carbocycles. The van der Waals surface area contributed by atoms with Gasteiger partial charge in [0, 0.05) is 28.9 Å². The van der Waals surface area contributed by atoms with Crippen LogP contribution >= 0.6 is 23.4 Å². The summed E-state index contributed by atoms with van der Waals surface area (Å²) in [5.41, 5.74) is 2.20. The van der Waals surface area contributed by atoms with Crippen LogP contribution in [0, 0.1) is 0 Å². The molecule has 8 nitrogen and oxygen atoms in total. The van der Waals surface area contributed by atoms with Gasteiger partial charge in [-0.05, 0) is 54.6 Å². The van der Waals surface area contributed by atoms with E-state index in [0.29, 0.717) is 27.3 Å². The number of nitrogens with zero attached hydrogens (tertiary/aromatic N) is 5. The Hall–Kier alpha value is -3.43. The van der Waals surface area contributed by atoms with Gasteiger partial charge in [0.25, 0.3) is 5.91 Å². The van der Waals surface area contributed by atoms with Gasteiger partial charge in [0.2, 0.25) is 0 Å². The van der Waals surface area contributed by atoms with E-state index in [1.54, 1.807) is 54.5 Å². The minimum absolute atomic E-state index is 0.217. The first-order chi connectivity index (χ1) is 15.1. The lowest BCUT2D eigenvalue weighted by molar-refractivity contribution is 0.102. The van der Waals surface area contributed by atoms with Crippen molar-refractivity contribution in [2.75, 3.05) is 12.4 Å². The van der Waals surface area contributed by atoms with Gasteiger partial charge < -0.3 is 10.1 Å². The van der Waals surface area contributed by atoms with E-state index < -0.39 is 0 Å². The molecule has 4 rings (SSSR count). The zero-order valence-electron chi connectivity index (χ0n) is 16.4. The fourth-order valence-electron chi connectivity index (χ4n) is 2.75. The summed E-state index contributed by atoms with van der Waals surface area (Å²) in [6.07, 6.45) is 3.34. The first kappa shape index (κ1) is 20.8. The average molecular weight is 453 g/mol. The lowest BCUT2D eigenvalue weighted by Crippen LogP contribution is -2.15. The van der Waals surface area contributed by atoms with Gasteiger partial charge in [-0.25, -0.2) is 14.6 Å². The minimum atomic E-state index is -0.369. The highest BCUT2D eigenvalue weighted by atomic mass is 35.5. The number of carbonyl (C=O) groups excluding carboxylic acids is 1. The Kier molecular flexibility index (Phi) is 6.44. The molecule has 1 amide bonds. The summed E-state index contributed by atoms with van der Waals surface area (Å²) in [5.74, 6) is 0.747. The molecule has 0 atom stereocenters. The minimum Gasteiger partial charge on any atom is -0.497 e. The van der Waals surface area contributed by atoms with Gasteiger partial charge in [-0.15, -0.1) is 5.10 Å². The largest absolute Gasteiger partial charge is 0.497 e. The van der Waals surface area contributed by atoms with Gasteiger partial charge in [-0.2, -0.15) is 0 Å². The molecule has 0 saturated carbocycles. The molecular weight excluding hydrogens is 436 g/mol. The number of aromatic nitrogens is 5. The number of nitrogens with one attached hydrogen (secondary N) is 1. The topological polar surface area (TPSA) is 94.8 Å². The second-order valence-corrected chi connectivity index (χ2v) is 7.65. The molecule has 0 radical (unpaired) electrons. The zero-order chi connectivity index (χ0) is 21.6. The molecule has 2 heterocycles. The fourth-order valence-corrected chi connectivity index (χ4v) is 3.68. The van der Waals surface area contributed by atoms with Gasteiger partial charge in [0.15, 0.2) is 10.9 Å². The maximum atomic E-state index is 13.0. The number of ether oxygens (including phenoxy) is 1. The molecule has 0 saturated heterocycles. The van der Waals surface area contributed by atoms with Crippen LogP contribution in [0.5, 0.6) is 5.75 Å². The molecule has 0 aliphatic rings. The van der Waals surface area contributed by atoms with E-state index >= 15 is 0 Å². The third kappa shape index (κ3) is 5.01. The molecule has 1 N–H and O–H groups in total. The highest BCUT2D eigenvalue weighted by molar-refractivity contribution is 7.98. The molecule has 10 heteroatoms. The first-order valence-electron chi connectivity index (χ1n) is 9.20. The van der Waals surface area contributed by atoms with Crippen molar-refractivity contribution in [3.8, 4) is 11.4 Å². The van der Waals surface area contributed by atoms with E-state index in [2.05, 4.69) is 25.6 Å². The van der Waals surface area contributed by atoms with Crippen molar-refractivity contribution in [3.05, 3.63) is 83.4 Å². The Morgan fingerprint density at radius 2 is 1.81 bits per heavy atom. The Labute approximate surface area is 187 Å². The average Bonchev–Trinajstić information content (AvgIpc) is 3.24. The van der Waals surface area contributed by atoms with Crippen molar-refractivity contribution in [1.82, 2.24) is 25.0 Å². The summed E-state index contributed by atoms with van der Waals surface area (Å²) >= 11 is 7.31. The number of methoxy groups -OCH3 is 1. The summed E-state index contributed by atoms with van der Waals surface area (Å²) in [6, 6.07) is 15.9. The highest BCUT2D eigenvalue weighted by Crippen LogP contribution is 2.24. The molecule has 31 heavy (non-hydrogen) atoms. The number of halogens is 1. The smallest absolute Gasteiger partial charge is 0.278 e. The van der Waals surface area contributed by atoms with E-state index in [1.807, 2.05) is 24.3 Å². The van der Waals surface area contributed by atoms with Crippen LogP contribution < -0.4 is 10.1 Å². The molecule has 4 aromatic rings. The first-order valence-corrected chi connectivity index (χ1v) is 10.6. The predicted molar refractivity (Wildman–Crippen MR) is 119 cm³/mol. The van der Waals surface area contributed by atoms with Gasteiger partial charge in [0.05, 0.1) is 18.5 Å². The molecule has 0 aliphatic heterocycles. The molecule has 0 spiro atoms. The summed E-state index contributed by atoms with van der Waals surface area (Å²) in [7, 11) is 1.60. The quantitative estimate of drug-likeness (QED) is 0.330. The van der Waals surface area contributed by atoms with Crippen LogP contribution in [0.4, 0.5) is 5.69 Å². The Morgan fingerprint density at radius 3 is 2.48 bits per heavy atom. The van der Waals surface area contributed by atoms with Crippen LogP contribution in [0.25, 0.3) is 5.69 Å². The molecule has 2 aromatic heterocycles. The van der Waals surface area contributed by atoms with Crippen LogP contribution in [0.1, 0.15) is 16.2 Å². The second kappa shape index (κ2) is 9.59. The van der Waals surface area contributed by atoms with Crippen LogP contribution in [-0.2, 0) is 5.75 Å². The summed E-state index contributed by atoms with van der Waals surface area (Å²) in [5, 5.41) is 12.4. The van der Waals surface area contributed by atoms with E-state index in [9.17, 15) is 4.79 Å². The van der Waals surface area contributed by atoms with Gasteiger partial charge in [0.1, 0.15) is 5.75 Å². The van der Waals surface area contributed by atoms with Gasteiger partial charge in [-0.1, -0.05) is 28.6 Å². The highest BCUT2D eigenvalue weighted by Gasteiger charge is 2.21. The number of hydrogen-bond donors (Lipinski definition) is 1. The van der Waals surface area contributed by atoms with Gasteiger partial charge in [-0.3, -0.25) is 4.79 Å². The van der Waals surface area contributed by atoms with Crippen LogP contribution in [0.3, 0.4) is 0 Å². The van der Waals surface area contributed by atoms with Crippen molar-refractivity contribution in [2.45, 2.75) is 10.9 Å². The molecule has 0 aliphatic carbocycles. The fraction of sp³-hybridized carbons (Fsp3) is 0.0952.